The Bertz CT molecular complexity index is 584. The molecule has 0 unspecified atom stereocenters. The van der Waals surface area contributed by atoms with E-state index < -0.39 is 34.4 Å². The lowest BCUT2D eigenvalue weighted by atomic mass is 10.2. The summed E-state index contributed by atoms with van der Waals surface area (Å²) in [5.74, 6) is -2.37. The lowest BCUT2D eigenvalue weighted by Crippen LogP contribution is -2.43. The van der Waals surface area contributed by atoms with Gasteiger partial charge in [0.2, 0.25) is 15.9 Å². The molecule has 1 amide bonds. The van der Waals surface area contributed by atoms with Crippen LogP contribution in [0.3, 0.4) is 0 Å². The number of sulfonamides is 1. The van der Waals surface area contributed by atoms with Gasteiger partial charge in [0.15, 0.2) is 0 Å². The van der Waals surface area contributed by atoms with Crippen LogP contribution in [-0.4, -0.2) is 31.4 Å². The molecule has 0 aliphatic carbocycles. The minimum Gasteiger partial charge on any atom is -0.480 e. The van der Waals surface area contributed by atoms with Crippen LogP contribution in [0.5, 0.6) is 0 Å². The van der Waals surface area contributed by atoms with Gasteiger partial charge in [0.25, 0.3) is 0 Å². The van der Waals surface area contributed by atoms with Crippen molar-refractivity contribution in [1.82, 2.24) is 4.72 Å². The van der Waals surface area contributed by atoms with Crippen molar-refractivity contribution < 1.29 is 23.1 Å². The van der Waals surface area contributed by atoms with Gasteiger partial charge in [0.1, 0.15) is 6.04 Å². The Hall–Kier alpha value is -1.20. The zero-order valence-corrected chi connectivity index (χ0v) is 12.5. The van der Waals surface area contributed by atoms with E-state index in [2.05, 4.69) is 0 Å². The summed E-state index contributed by atoms with van der Waals surface area (Å²) in [6.45, 7) is 0. The minimum atomic E-state index is -4.01. The van der Waals surface area contributed by atoms with Crippen LogP contribution in [0.2, 0.25) is 0 Å². The fraction of sp³-hybridized carbons (Fsp3) is 0.200. The van der Waals surface area contributed by atoms with Crippen molar-refractivity contribution in [1.29, 1.82) is 0 Å². The molecular weight excluding hydrogens is 387 g/mol. The van der Waals surface area contributed by atoms with E-state index in [0.717, 1.165) is 3.57 Å². The second-order valence-electron chi connectivity index (χ2n) is 3.64. The van der Waals surface area contributed by atoms with E-state index in [4.69, 9.17) is 10.8 Å². The highest BCUT2D eigenvalue weighted by Crippen LogP contribution is 2.12. The molecule has 104 valence electrons. The Balaban J connectivity index is 2.97. The number of halogens is 1. The fourth-order valence-electron chi connectivity index (χ4n) is 1.25. The summed E-state index contributed by atoms with van der Waals surface area (Å²) in [7, 11) is -4.01. The predicted molar refractivity (Wildman–Crippen MR) is 74.7 cm³/mol. The molecule has 0 heterocycles. The van der Waals surface area contributed by atoms with Crippen LogP contribution >= 0.6 is 22.6 Å². The number of aliphatic carboxylic acids is 1. The maximum atomic E-state index is 11.9. The standard InChI is InChI=1S/C10H11IN2O5S/c11-6-1-3-7(4-2-6)19(17,18)13-8(10(15)16)5-9(12)14/h1-4,8,13H,5H2,(H2,12,14)(H,15,16)/t8-/m0/s1. The number of nitrogens with two attached hydrogens (primary N) is 1. The summed E-state index contributed by atoms with van der Waals surface area (Å²) in [6, 6.07) is 4.24. The normalized spacial score (nSPS) is 12.9. The van der Waals surface area contributed by atoms with E-state index in [0.29, 0.717) is 0 Å². The number of nitrogens with one attached hydrogen (secondary N) is 1. The Morgan fingerprint density at radius 3 is 2.26 bits per heavy atom. The van der Waals surface area contributed by atoms with Gasteiger partial charge in [-0.1, -0.05) is 0 Å². The number of primary amides is 1. The minimum absolute atomic E-state index is 0.0800. The number of carbonyl (C=O) groups is 2. The molecule has 9 heteroatoms. The number of amides is 1. The van der Waals surface area contributed by atoms with Gasteiger partial charge in [0, 0.05) is 3.57 Å². The molecular formula is C10H11IN2O5S. The molecule has 0 aromatic heterocycles. The van der Waals surface area contributed by atoms with Gasteiger partial charge in [0.05, 0.1) is 11.3 Å². The van der Waals surface area contributed by atoms with Crippen molar-refractivity contribution in [2.24, 2.45) is 5.73 Å². The zero-order chi connectivity index (χ0) is 14.6. The summed E-state index contributed by atoms with van der Waals surface area (Å²) < 4.78 is 26.6. The van der Waals surface area contributed by atoms with Crippen molar-refractivity contribution >= 4 is 44.5 Å². The highest BCUT2D eigenvalue weighted by Gasteiger charge is 2.26. The van der Waals surface area contributed by atoms with Crippen LogP contribution in [0.4, 0.5) is 0 Å². The van der Waals surface area contributed by atoms with E-state index in [1.165, 1.54) is 12.1 Å². The molecule has 0 aliphatic heterocycles. The first-order chi connectivity index (χ1) is 8.72. The molecule has 0 aliphatic rings. The Labute approximate surface area is 123 Å². The Morgan fingerprint density at radius 2 is 1.84 bits per heavy atom. The van der Waals surface area contributed by atoms with Gasteiger partial charge < -0.3 is 10.8 Å². The average Bonchev–Trinajstić information content (AvgIpc) is 2.27. The van der Waals surface area contributed by atoms with Crippen molar-refractivity contribution in [3.05, 3.63) is 27.8 Å². The number of rotatable bonds is 6. The number of benzene rings is 1. The molecule has 4 N–H and O–H groups in total. The molecule has 1 aromatic rings. The lowest BCUT2D eigenvalue weighted by molar-refractivity contribution is -0.140. The lowest BCUT2D eigenvalue weighted by Gasteiger charge is -2.13. The van der Waals surface area contributed by atoms with E-state index in [-0.39, 0.29) is 4.90 Å². The zero-order valence-electron chi connectivity index (χ0n) is 9.54. The largest absolute Gasteiger partial charge is 0.480 e. The predicted octanol–water partition coefficient (Wildman–Crippen LogP) is -0.102. The molecule has 0 spiro atoms. The van der Waals surface area contributed by atoms with Gasteiger partial charge in [-0.25, -0.2) is 8.42 Å². The molecule has 1 atom stereocenters. The third-order valence-corrected chi connectivity index (χ3v) is 4.33. The quantitative estimate of drug-likeness (QED) is 0.577. The summed E-state index contributed by atoms with van der Waals surface area (Å²) in [4.78, 5) is 21.5. The van der Waals surface area contributed by atoms with Crippen LogP contribution in [0.1, 0.15) is 6.42 Å². The highest BCUT2D eigenvalue weighted by atomic mass is 127. The van der Waals surface area contributed by atoms with Crippen molar-refractivity contribution in [2.45, 2.75) is 17.4 Å². The van der Waals surface area contributed by atoms with Crippen molar-refractivity contribution in [3.63, 3.8) is 0 Å². The maximum absolute atomic E-state index is 11.9. The molecule has 0 saturated heterocycles. The SMILES string of the molecule is NC(=O)C[C@H](NS(=O)(=O)c1ccc(I)cc1)C(=O)O. The highest BCUT2D eigenvalue weighted by molar-refractivity contribution is 14.1. The van der Waals surface area contributed by atoms with Crippen LogP contribution in [-0.2, 0) is 19.6 Å². The van der Waals surface area contributed by atoms with Crippen molar-refractivity contribution in [3.8, 4) is 0 Å². The van der Waals surface area contributed by atoms with Gasteiger partial charge >= 0.3 is 5.97 Å². The number of carbonyl (C=O) groups excluding carboxylic acids is 1. The van der Waals surface area contributed by atoms with Crippen LogP contribution in [0.25, 0.3) is 0 Å². The Morgan fingerprint density at radius 1 is 1.32 bits per heavy atom. The topological polar surface area (TPSA) is 127 Å². The molecule has 7 nitrogen and oxygen atoms in total. The molecule has 1 rings (SSSR count). The second kappa shape index (κ2) is 6.30. The van der Waals surface area contributed by atoms with Gasteiger partial charge in [-0.15, -0.1) is 0 Å². The summed E-state index contributed by atoms with van der Waals surface area (Å²) in [5.41, 5.74) is 4.87. The molecule has 19 heavy (non-hydrogen) atoms. The van der Waals surface area contributed by atoms with Crippen molar-refractivity contribution in [2.75, 3.05) is 0 Å². The summed E-state index contributed by atoms with van der Waals surface area (Å²) >= 11 is 2.01. The van der Waals surface area contributed by atoms with E-state index >= 15 is 0 Å². The summed E-state index contributed by atoms with van der Waals surface area (Å²) in [5, 5.41) is 8.84. The monoisotopic (exact) mass is 398 g/mol. The first-order valence-corrected chi connectivity index (χ1v) is 7.57. The fourth-order valence-corrected chi connectivity index (χ4v) is 2.80. The molecule has 0 saturated carbocycles. The molecule has 0 bridgehead atoms. The molecule has 0 radical (unpaired) electrons. The van der Waals surface area contributed by atoms with Gasteiger partial charge in [-0.05, 0) is 46.9 Å². The van der Waals surface area contributed by atoms with E-state index in [1.54, 1.807) is 12.1 Å². The summed E-state index contributed by atoms with van der Waals surface area (Å²) in [6.07, 6.45) is -0.612. The Kier molecular flexibility index (Phi) is 5.26. The number of carboxylic acid groups (broad SMARTS) is 1. The third kappa shape index (κ3) is 4.76. The van der Waals surface area contributed by atoms with E-state index in [1.807, 2.05) is 27.3 Å². The van der Waals surface area contributed by atoms with Crippen LogP contribution in [0, 0.1) is 3.57 Å². The first-order valence-electron chi connectivity index (χ1n) is 5.01. The third-order valence-electron chi connectivity index (χ3n) is 2.12. The molecule has 1 aromatic carbocycles. The van der Waals surface area contributed by atoms with Gasteiger partial charge in [-0.2, -0.15) is 4.72 Å². The molecule has 0 fully saturated rings. The number of hydrogen-bond donors (Lipinski definition) is 3. The average molecular weight is 398 g/mol. The van der Waals surface area contributed by atoms with Crippen LogP contribution in [0.15, 0.2) is 29.2 Å². The second-order valence-corrected chi connectivity index (χ2v) is 6.60. The smallest absolute Gasteiger partial charge is 0.322 e. The maximum Gasteiger partial charge on any atom is 0.322 e. The van der Waals surface area contributed by atoms with E-state index in [9.17, 15) is 18.0 Å². The number of hydrogen-bond acceptors (Lipinski definition) is 4. The number of carboxylic acids is 1. The van der Waals surface area contributed by atoms with Crippen LogP contribution < -0.4 is 10.5 Å². The first kappa shape index (κ1) is 15.9. The van der Waals surface area contributed by atoms with Gasteiger partial charge in [-0.3, -0.25) is 9.59 Å².